The number of carbonyl (C=O) groups is 1. The van der Waals surface area contributed by atoms with Crippen molar-refractivity contribution < 1.29 is 4.79 Å². The van der Waals surface area contributed by atoms with Crippen molar-refractivity contribution >= 4 is 11.6 Å². The van der Waals surface area contributed by atoms with Crippen LogP contribution in [0.25, 0.3) is 0 Å². The molecule has 0 spiro atoms. The normalized spacial score (nSPS) is 24.7. The van der Waals surface area contributed by atoms with Gasteiger partial charge in [0.25, 0.3) is 0 Å². The molecule has 0 aromatic heterocycles. The minimum Gasteiger partial charge on any atom is -0.385 e. The molecule has 1 aromatic rings. The number of carbonyl (C=O) groups excluding carboxylic acids is 1. The van der Waals surface area contributed by atoms with Crippen LogP contribution in [0.4, 0.5) is 5.69 Å². The fraction of sp³-hybridized carbons (Fsp3) is 0.588. The Kier molecular flexibility index (Phi) is 3.45. The Morgan fingerprint density at radius 3 is 2.95 bits per heavy atom. The van der Waals surface area contributed by atoms with E-state index in [9.17, 15) is 4.79 Å². The van der Waals surface area contributed by atoms with Crippen molar-refractivity contribution in [2.45, 2.75) is 39.0 Å². The molecule has 2 aliphatic heterocycles. The van der Waals surface area contributed by atoms with Crippen LogP contribution >= 0.6 is 0 Å². The molecule has 1 atom stereocenters. The van der Waals surface area contributed by atoms with Crippen molar-refractivity contribution in [3.8, 4) is 0 Å². The highest BCUT2D eigenvalue weighted by Gasteiger charge is 2.34. The van der Waals surface area contributed by atoms with Crippen molar-refractivity contribution in [1.29, 1.82) is 0 Å². The van der Waals surface area contributed by atoms with E-state index in [4.69, 9.17) is 0 Å². The van der Waals surface area contributed by atoms with Crippen LogP contribution in [0.1, 0.15) is 44.6 Å². The number of benzene rings is 1. The van der Waals surface area contributed by atoms with Gasteiger partial charge in [0.05, 0.1) is 5.92 Å². The maximum Gasteiger partial charge on any atom is 0.230 e. The highest BCUT2D eigenvalue weighted by molar-refractivity contribution is 5.86. The first-order valence-corrected chi connectivity index (χ1v) is 7.68. The van der Waals surface area contributed by atoms with Gasteiger partial charge in [-0.1, -0.05) is 32.0 Å². The van der Waals surface area contributed by atoms with Gasteiger partial charge < -0.3 is 10.2 Å². The highest BCUT2D eigenvalue weighted by Crippen LogP contribution is 2.35. The van der Waals surface area contributed by atoms with Crippen molar-refractivity contribution in [2.75, 3.05) is 25.0 Å². The lowest BCUT2D eigenvalue weighted by molar-refractivity contribution is -0.136. The maximum absolute atomic E-state index is 12.9. The SMILES string of the molecule is CC1(C)CCCN(C(=O)C2CCNc3ccccc32)C1. The smallest absolute Gasteiger partial charge is 0.230 e. The summed E-state index contributed by atoms with van der Waals surface area (Å²) in [5, 5.41) is 3.40. The Hall–Kier alpha value is -1.51. The van der Waals surface area contributed by atoms with Crippen molar-refractivity contribution in [2.24, 2.45) is 5.41 Å². The van der Waals surface area contributed by atoms with E-state index in [0.717, 1.165) is 38.2 Å². The largest absolute Gasteiger partial charge is 0.385 e. The second-order valence-electron chi connectivity index (χ2n) is 6.88. The van der Waals surface area contributed by atoms with Crippen molar-refractivity contribution in [1.82, 2.24) is 4.90 Å². The van der Waals surface area contributed by atoms with Crippen LogP contribution in [0.5, 0.6) is 0 Å². The van der Waals surface area contributed by atoms with Crippen molar-refractivity contribution in [3.63, 3.8) is 0 Å². The molecule has 1 aromatic carbocycles. The molecule has 0 aliphatic carbocycles. The first-order chi connectivity index (χ1) is 9.57. The second-order valence-corrected chi connectivity index (χ2v) is 6.88. The van der Waals surface area contributed by atoms with Gasteiger partial charge in [-0.05, 0) is 36.3 Å². The van der Waals surface area contributed by atoms with E-state index in [1.165, 1.54) is 12.0 Å². The molecule has 1 unspecified atom stereocenters. The highest BCUT2D eigenvalue weighted by atomic mass is 16.2. The molecule has 108 valence electrons. The molecule has 20 heavy (non-hydrogen) atoms. The van der Waals surface area contributed by atoms with Gasteiger partial charge in [-0.15, -0.1) is 0 Å². The molecule has 1 N–H and O–H groups in total. The number of likely N-dealkylation sites (tertiary alicyclic amines) is 1. The number of hydrogen-bond acceptors (Lipinski definition) is 2. The number of nitrogens with one attached hydrogen (secondary N) is 1. The molecule has 2 heterocycles. The van der Waals surface area contributed by atoms with E-state index in [1.807, 2.05) is 12.1 Å². The summed E-state index contributed by atoms with van der Waals surface area (Å²) in [6.45, 7) is 7.25. The average Bonchev–Trinajstić information content (AvgIpc) is 2.45. The lowest BCUT2D eigenvalue weighted by Gasteiger charge is -2.40. The number of fused-ring (bicyclic) bond motifs is 1. The van der Waals surface area contributed by atoms with E-state index in [2.05, 4.69) is 36.2 Å². The van der Waals surface area contributed by atoms with E-state index >= 15 is 0 Å². The lowest BCUT2D eigenvalue weighted by atomic mass is 9.82. The average molecular weight is 272 g/mol. The quantitative estimate of drug-likeness (QED) is 0.851. The molecule has 0 bridgehead atoms. The molecule has 1 saturated heterocycles. The Labute approximate surface area is 121 Å². The van der Waals surface area contributed by atoms with E-state index in [1.54, 1.807) is 0 Å². The second kappa shape index (κ2) is 5.12. The molecule has 3 nitrogen and oxygen atoms in total. The van der Waals surface area contributed by atoms with E-state index in [0.29, 0.717) is 5.91 Å². The van der Waals surface area contributed by atoms with E-state index < -0.39 is 0 Å². The third-order valence-corrected chi connectivity index (χ3v) is 4.59. The molecular weight excluding hydrogens is 248 g/mol. The predicted octanol–water partition coefficient (Wildman–Crippen LogP) is 3.23. The summed E-state index contributed by atoms with van der Waals surface area (Å²) in [6, 6.07) is 8.24. The first-order valence-electron chi connectivity index (χ1n) is 7.68. The molecule has 1 amide bonds. The lowest BCUT2D eigenvalue weighted by Crippen LogP contribution is -2.46. The zero-order valence-corrected chi connectivity index (χ0v) is 12.5. The van der Waals surface area contributed by atoms with Crippen LogP contribution in [0.15, 0.2) is 24.3 Å². The Bertz CT molecular complexity index is 509. The predicted molar refractivity (Wildman–Crippen MR) is 81.9 cm³/mol. The number of anilines is 1. The van der Waals surface area contributed by atoms with Gasteiger partial charge in [0.1, 0.15) is 0 Å². The summed E-state index contributed by atoms with van der Waals surface area (Å²) >= 11 is 0. The van der Waals surface area contributed by atoms with Crippen LogP contribution in [0.2, 0.25) is 0 Å². The summed E-state index contributed by atoms with van der Waals surface area (Å²) in [5.74, 6) is 0.369. The Balaban J connectivity index is 1.81. The Morgan fingerprint density at radius 1 is 1.35 bits per heavy atom. The van der Waals surface area contributed by atoms with Crippen LogP contribution in [-0.2, 0) is 4.79 Å². The maximum atomic E-state index is 12.9. The number of piperidine rings is 1. The molecule has 0 radical (unpaired) electrons. The number of para-hydroxylation sites is 1. The van der Waals surface area contributed by atoms with Crippen molar-refractivity contribution in [3.05, 3.63) is 29.8 Å². The molecule has 0 saturated carbocycles. The molecule has 3 rings (SSSR count). The fourth-order valence-electron chi connectivity index (χ4n) is 3.56. The summed E-state index contributed by atoms with van der Waals surface area (Å²) < 4.78 is 0. The number of amides is 1. The van der Waals surface area contributed by atoms with Crippen LogP contribution in [0.3, 0.4) is 0 Å². The van der Waals surface area contributed by atoms with Gasteiger partial charge in [0, 0.05) is 25.3 Å². The third-order valence-electron chi connectivity index (χ3n) is 4.59. The minimum atomic E-state index is 0.0429. The van der Waals surface area contributed by atoms with Gasteiger partial charge in [-0.25, -0.2) is 0 Å². The van der Waals surface area contributed by atoms with Crippen LogP contribution in [0, 0.1) is 5.41 Å². The Morgan fingerprint density at radius 2 is 2.15 bits per heavy atom. The molecule has 2 aliphatic rings. The number of rotatable bonds is 1. The topological polar surface area (TPSA) is 32.3 Å². The van der Waals surface area contributed by atoms with Gasteiger partial charge >= 0.3 is 0 Å². The summed E-state index contributed by atoms with van der Waals surface area (Å²) in [4.78, 5) is 15.0. The zero-order valence-electron chi connectivity index (χ0n) is 12.5. The van der Waals surface area contributed by atoms with Gasteiger partial charge in [-0.2, -0.15) is 0 Å². The minimum absolute atomic E-state index is 0.0429. The zero-order chi connectivity index (χ0) is 14.2. The molecular formula is C17H24N2O. The standard InChI is InChI=1S/C17H24N2O/c1-17(2)9-5-11-19(12-17)16(20)14-8-10-18-15-7-4-3-6-13(14)15/h3-4,6-7,14,18H,5,8-12H2,1-2H3. The molecule has 1 fully saturated rings. The molecule has 3 heteroatoms. The monoisotopic (exact) mass is 272 g/mol. The number of nitrogens with zero attached hydrogens (tertiary/aromatic N) is 1. The van der Waals surface area contributed by atoms with Crippen LogP contribution < -0.4 is 5.32 Å². The van der Waals surface area contributed by atoms with Gasteiger partial charge in [0.15, 0.2) is 0 Å². The summed E-state index contributed by atoms with van der Waals surface area (Å²) in [5.41, 5.74) is 2.57. The first kappa shape index (κ1) is 13.5. The summed E-state index contributed by atoms with van der Waals surface area (Å²) in [7, 11) is 0. The van der Waals surface area contributed by atoms with E-state index in [-0.39, 0.29) is 11.3 Å². The summed E-state index contributed by atoms with van der Waals surface area (Å²) in [6.07, 6.45) is 3.26. The number of hydrogen-bond donors (Lipinski definition) is 1. The van der Waals surface area contributed by atoms with Gasteiger partial charge in [0.2, 0.25) is 5.91 Å². The fourth-order valence-corrected chi connectivity index (χ4v) is 3.56. The third kappa shape index (κ3) is 2.54. The van der Waals surface area contributed by atoms with Crippen LogP contribution in [-0.4, -0.2) is 30.4 Å². The van der Waals surface area contributed by atoms with Gasteiger partial charge in [-0.3, -0.25) is 4.79 Å².